The lowest BCUT2D eigenvalue weighted by atomic mass is 10.2. The van der Waals surface area contributed by atoms with Gasteiger partial charge in [0, 0.05) is 6.04 Å². The van der Waals surface area contributed by atoms with Crippen LogP contribution in [0.1, 0.15) is 32.2 Å². The molecule has 1 atom stereocenters. The maximum absolute atomic E-state index is 13.0. The van der Waals surface area contributed by atoms with Gasteiger partial charge in [-0.15, -0.1) is 10.2 Å². The highest BCUT2D eigenvalue weighted by molar-refractivity contribution is 7.98. The van der Waals surface area contributed by atoms with Crippen LogP contribution in [0.5, 0.6) is 0 Å². The summed E-state index contributed by atoms with van der Waals surface area (Å²) >= 11 is 1.41. The molecule has 8 heteroatoms. The Labute approximate surface area is 159 Å². The number of fused-ring (bicyclic) bond motifs is 1. The van der Waals surface area contributed by atoms with Crippen molar-refractivity contribution in [3.63, 3.8) is 0 Å². The van der Waals surface area contributed by atoms with Gasteiger partial charge in [-0.2, -0.15) is 0 Å². The molecule has 0 bridgehead atoms. The number of nitrogens with zero attached hydrogens (tertiary/aromatic N) is 4. The van der Waals surface area contributed by atoms with E-state index >= 15 is 0 Å². The molecule has 3 aromatic heterocycles. The second-order valence-corrected chi connectivity index (χ2v) is 7.05. The van der Waals surface area contributed by atoms with Crippen molar-refractivity contribution in [2.75, 3.05) is 0 Å². The van der Waals surface area contributed by atoms with Gasteiger partial charge in [0.2, 0.25) is 5.89 Å². The van der Waals surface area contributed by atoms with E-state index in [1.807, 2.05) is 38.1 Å². The zero-order chi connectivity index (χ0) is 18.8. The maximum Gasteiger partial charge on any atom is 0.283 e. The number of thioether (sulfide) groups is 1. The number of furan rings is 1. The van der Waals surface area contributed by atoms with E-state index in [9.17, 15) is 4.79 Å². The summed E-state index contributed by atoms with van der Waals surface area (Å²) in [4.78, 5) is 17.7. The van der Waals surface area contributed by atoms with Gasteiger partial charge in [0.05, 0.1) is 22.9 Å². The van der Waals surface area contributed by atoms with Gasteiger partial charge in [0.15, 0.2) is 10.9 Å². The van der Waals surface area contributed by atoms with Crippen molar-refractivity contribution in [3.05, 3.63) is 58.9 Å². The lowest BCUT2D eigenvalue weighted by Gasteiger charge is -2.17. The second kappa shape index (κ2) is 7.40. The average molecular weight is 382 g/mol. The van der Waals surface area contributed by atoms with Crippen LogP contribution in [0.3, 0.4) is 0 Å². The standard InChI is InChI=1S/C19H18N4O3S/c1-3-12(2)23-18(24)13-7-4-5-8-14(13)20-19(23)27-11-16-21-22-17(26-16)15-9-6-10-25-15/h4-10,12H,3,11H2,1-2H3/t12-/m1/s1. The van der Waals surface area contributed by atoms with E-state index in [1.165, 1.54) is 11.8 Å². The summed E-state index contributed by atoms with van der Waals surface area (Å²) in [5.74, 6) is 1.72. The van der Waals surface area contributed by atoms with Gasteiger partial charge in [-0.3, -0.25) is 9.36 Å². The van der Waals surface area contributed by atoms with Crippen LogP contribution < -0.4 is 5.56 Å². The summed E-state index contributed by atoms with van der Waals surface area (Å²) in [7, 11) is 0. The fourth-order valence-electron chi connectivity index (χ4n) is 2.74. The first-order chi connectivity index (χ1) is 13.2. The van der Waals surface area contributed by atoms with E-state index in [-0.39, 0.29) is 11.6 Å². The SMILES string of the molecule is CC[C@@H](C)n1c(SCc2nnc(-c3ccco3)o2)nc2ccccc2c1=O. The summed E-state index contributed by atoms with van der Waals surface area (Å²) in [5.41, 5.74) is 0.658. The molecule has 0 amide bonds. The molecule has 4 rings (SSSR count). The van der Waals surface area contributed by atoms with Crippen molar-refractivity contribution >= 4 is 22.7 Å². The van der Waals surface area contributed by atoms with Crippen molar-refractivity contribution in [2.24, 2.45) is 0 Å². The lowest BCUT2D eigenvalue weighted by Crippen LogP contribution is -2.26. The predicted octanol–water partition coefficient (Wildman–Crippen LogP) is 4.30. The van der Waals surface area contributed by atoms with Gasteiger partial charge >= 0.3 is 0 Å². The van der Waals surface area contributed by atoms with Gasteiger partial charge in [0.25, 0.3) is 11.4 Å². The van der Waals surface area contributed by atoms with Gasteiger partial charge in [0.1, 0.15) is 0 Å². The summed E-state index contributed by atoms with van der Waals surface area (Å²) < 4.78 is 12.7. The second-order valence-electron chi connectivity index (χ2n) is 6.11. The third-order valence-corrected chi connectivity index (χ3v) is 5.27. The molecule has 138 valence electrons. The van der Waals surface area contributed by atoms with Crippen LogP contribution in [0.2, 0.25) is 0 Å². The molecule has 0 unspecified atom stereocenters. The molecule has 1 aromatic carbocycles. The first kappa shape index (κ1) is 17.5. The first-order valence-corrected chi connectivity index (χ1v) is 9.66. The Balaban J connectivity index is 1.66. The number of aromatic nitrogens is 4. The van der Waals surface area contributed by atoms with E-state index in [0.717, 1.165) is 6.42 Å². The molecule has 4 aromatic rings. The minimum Gasteiger partial charge on any atom is -0.459 e. The van der Waals surface area contributed by atoms with Crippen LogP contribution in [0.25, 0.3) is 22.6 Å². The van der Waals surface area contributed by atoms with Crippen LogP contribution in [-0.4, -0.2) is 19.7 Å². The van der Waals surface area contributed by atoms with Crippen LogP contribution >= 0.6 is 11.8 Å². The molecule has 7 nitrogen and oxygen atoms in total. The van der Waals surface area contributed by atoms with Gasteiger partial charge in [-0.1, -0.05) is 30.8 Å². The maximum atomic E-state index is 13.0. The van der Waals surface area contributed by atoms with Gasteiger partial charge in [-0.05, 0) is 37.6 Å². The largest absolute Gasteiger partial charge is 0.459 e. The zero-order valence-corrected chi connectivity index (χ0v) is 15.8. The highest BCUT2D eigenvalue weighted by atomic mass is 32.2. The van der Waals surface area contributed by atoms with Crippen molar-refractivity contribution in [2.45, 2.75) is 37.2 Å². The lowest BCUT2D eigenvalue weighted by molar-refractivity contribution is 0.467. The highest BCUT2D eigenvalue weighted by Gasteiger charge is 2.17. The normalized spacial score (nSPS) is 12.5. The van der Waals surface area contributed by atoms with Crippen LogP contribution in [0.15, 0.2) is 61.4 Å². The highest BCUT2D eigenvalue weighted by Crippen LogP contribution is 2.26. The Bertz CT molecular complexity index is 1120. The minimum absolute atomic E-state index is 0.0285. The molecular formula is C19H18N4O3S. The number of rotatable bonds is 6. The van der Waals surface area contributed by atoms with Crippen molar-refractivity contribution in [3.8, 4) is 11.7 Å². The molecule has 0 fully saturated rings. The smallest absolute Gasteiger partial charge is 0.283 e. The van der Waals surface area contributed by atoms with Crippen LogP contribution in [0.4, 0.5) is 0 Å². The molecule has 0 aliphatic heterocycles. The topological polar surface area (TPSA) is 86.9 Å². The summed E-state index contributed by atoms with van der Waals surface area (Å²) in [6.07, 6.45) is 2.38. The average Bonchev–Trinajstić information content (AvgIpc) is 3.37. The van der Waals surface area contributed by atoms with Gasteiger partial charge in [-0.25, -0.2) is 4.98 Å². The molecule has 0 saturated heterocycles. The monoisotopic (exact) mass is 382 g/mol. The molecule has 27 heavy (non-hydrogen) atoms. The number of hydrogen-bond donors (Lipinski definition) is 0. The van der Waals surface area contributed by atoms with Crippen molar-refractivity contribution in [1.29, 1.82) is 0 Å². The minimum atomic E-state index is -0.0285. The number of para-hydroxylation sites is 1. The molecule has 0 aliphatic rings. The van der Waals surface area contributed by atoms with Crippen molar-refractivity contribution < 1.29 is 8.83 Å². The molecule has 0 spiro atoms. The molecule has 0 saturated carbocycles. The summed E-state index contributed by atoms with van der Waals surface area (Å²) in [6, 6.07) is 11.0. The summed E-state index contributed by atoms with van der Waals surface area (Å²) in [5, 5.41) is 9.32. The van der Waals surface area contributed by atoms with E-state index in [2.05, 4.69) is 10.2 Å². The Morgan fingerprint density at radius 1 is 1.19 bits per heavy atom. The predicted molar refractivity (Wildman–Crippen MR) is 103 cm³/mol. The van der Waals surface area contributed by atoms with E-state index in [4.69, 9.17) is 13.8 Å². The number of benzene rings is 1. The third kappa shape index (κ3) is 3.40. The molecular weight excluding hydrogens is 364 g/mol. The van der Waals surface area contributed by atoms with E-state index < -0.39 is 0 Å². The molecule has 3 heterocycles. The fraction of sp³-hybridized carbons (Fsp3) is 0.263. The zero-order valence-electron chi connectivity index (χ0n) is 15.0. The van der Waals surface area contributed by atoms with Gasteiger partial charge < -0.3 is 8.83 Å². The summed E-state index contributed by atoms with van der Waals surface area (Å²) in [6.45, 7) is 4.07. The Morgan fingerprint density at radius 2 is 2.04 bits per heavy atom. The molecule has 0 N–H and O–H groups in total. The molecule has 0 aliphatic carbocycles. The Kier molecular flexibility index (Phi) is 4.81. The third-order valence-electron chi connectivity index (χ3n) is 4.33. The van der Waals surface area contributed by atoms with Crippen LogP contribution in [0, 0.1) is 0 Å². The quantitative estimate of drug-likeness (QED) is 0.363. The van der Waals surface area contributed by atoms with E-state index in [0.29, 0.717) is 39.4 Å². The molecule has 0 radical (unpaired) electrons. The Morgan fingerprint density at radius 3 is 2.81 bits per heavy atom. The fourth-order valence-corrected chi connectivity index (χ4v) is 3.67. The van der Waals surface area contributed by atoms with Crippen LogP contribution in [-0.2, 0) is 5.75 Å². The first-order valence-electron chi connectivity index (χ1n) is 8.67. The van der Waals surface area contributed by atoms with E-state index in [1.54, 1.807) is 23.0 Å². The number of hydrogen-bond acceptors (Lipinski definition) is 7. The van der Waals surface area contributed by atoms with Crippen molar-refractivity contribution in [1.82, 2.24) is 19.7 Å². The Hall–Kier alpha value is -2.87.